The predicted molar refractivity (Wildman–Crippen MR) is 115 cm³/mol. The summed E-state index contributed by atoms with van der Waals surface area (Å²) in [7, 11) is 0. The van der Waals surface area contributed by atoms with Crippen LogP contribution in [0.5, 0.6) is 0 Å². The van der Waals surface area contributed by atoms with Gasteiger partial charge in [-0.15, -0.1) is 0 Å². The van der Waals surface area contributed by atoms with Crippen molar-refractivity contribution in [1.29, 1.82) is 0 Å². The fraction of sp³-hybridized carbons (Fsp3) is 0.304. The molecule has 0 aliphatic carbocycles. The number of hydrogen-bond acceptors (Lipinski definition) is 4. The van der Waals surface area contributed by atoms with E-state index < -0.39 is 5.91 Å². The molecule has 3 N–H and O–H groups in total. The van der Waals surface area contributed by atoms with Crippen LogP contribution in [0.1, 0.15) is 47.4 Å². The summed E-state index contributed by atoms with van der Waals surface area (Å²) in [5.41, 5.74) is 7.55. The van der Waals surface area contributed by atoms with Crippen molar-refractivity contribution in [1.82, 2.24) is 9.55 Å². The summed E-state index contributed by atoms with van der Waals surface area (Å²) in [6, 6.07) is 12.0. The number of carbonyl (C=O) groups is 2. The molecule has 30 heavy (non-hydrogen) atoms. The second-order valence-electron chi connectivity index (χ2n) is 7.68. The van der Waals surface area contributed by atoms with E-state index in [0.717, 1.165) is 43.5 Å². The van der Waals surface area contributed by atoms with Crippen molar-refractivity contribution in [3.05, 3.63) is 69.8 Å². The molecule has 0 bridgehead atoms. The molecule has 0 fully saturated rings. The average molecular weight is 404 g/mol. The molecule has 0 unspecified atom stereocenters. The normalized spacial score (nSPS) is 13.9. The van der Waals surface area contributed by atoms with Crippen LogP contribution < -0.4 is 16.6 Å². The number of fused-ring (bicyclic) bond motifs is 2. The van der Waals surface area contributed by atoms with Crippen molar-refractivity contribution in [2.75, 3.05) is 5.32 Å². The number of nitrogens with zero attached hydrogens (tertiary/aromatic N) is 2. The second-order valence-corrected chi connectivity index (χ2v) is 7.68. The zero-order valence-corrected chi connectivity index (χ0v) is 16.7. The number of carbonyl (C=O) groups excluding carboxylic acids is 2. The quantitative estimate of drug-likeness (QED) is 0.697. The Morgan fingerprint density at radius 2 is 1.80 bits per heavy atom. The number of nitrogens with one attached hydrogen (secondary N) is 1. The molecule has 7 heteroatoms. The van der Waals surface area contributed by atoms with Crippen LogP contribution in [0, 0.1) is 0 Å². The second kappa shape index (κ2) is 8.49. The van der Waals surface area contributed by atoms with E-state index in [4.69, 9.17) is 10.7 Å². The standard InChI is InChI=1S/C23H24N4O3/c24-20(28)13-15-6-9-17(10-7-15)25-22(29)16-8-11-18-19(14-16)26-21-5-3-1-2-4-12-27(21)23(18)30/h6-11,14H,1-5,12-13H2,(H2,24,28)(H,25,29). The number of primary amides is 1. The van der Waals surface area contributed by atoms with Gasteiger partial charge in [0.15, 0.2) is 0 Å². The highest BCUT2D eigenvalue weighted by molar-refractivity contribution is 6.06. The lowest BCUT2D eigenvalue weighted by Crippen LogP contribution is -2.26. The van der Waals surface area contributed by atoms with Gasteiger partial charge in [-0.3, -0.25) is 19.0 Å². The van der Waals surface area contributed by atoms with Gasteiger partial charge in [-0.25, -0.2) is 4.98 Å². The van der Waals surface area contributed by atoms with Gasteiger partial charge in [-0.2, -0.15) is 0 Å². The first-order chi connectivity index (χ1) is 14.5. The Balaban J connectivity index is 1.59. The van der Waals surface area contributed by atoms with Crippen LogP contribution >= 0.6 is 0 Å². The van der Waals surface area contributed by atoms with E-state index in [1.165, 1.54) is 0 Å². The summed E-state index contributed by atoms with van der Waals surface area (Å²) in [6.45, 7) is 0.699. The van der Waals surface area contributed by atoms with E-state index in [2.05, 4.69) is 5.32 Å². The van der Waals surface area contributed by atoms with Gasteiger partial charge in [0.2, 0.25) is 5.91 Å². The molecule has 2 aromatic carbocycles. The topological polar surface area (TPSA) is 107 Å². The molecule has 2 heterocycles. The highest BCUT2D eigenvalue weighted by Crippen LogP contribution is 2.18. The van der Waals surface area contributed by atoms with Gasteiger partial charge in [-0.1, -0.05) is 25.0 Å². The molecule has 1 aromatic heterocycles. The summed E-state index contributed by atoms with van der Waals surface area (Å²) in [5.74, 6) is 0.114. The Kier molecular flexibility index (Phi) is 5.61. The number of nitrogens with two attached hydrogens (primary N) is 1. The van der Waals surface area contributed by atoms with Gasteiger partial charge >= 0.3 is 0 Å². The van der Waals surface area contributed by atoms with E-state index in [-0.39, 0.29) is 17.9 Å². The highest BCUT2D eigenvalue weighted by Gasteiger charge is 2.15. The molecule has 3 aromatic rings. The minimum absolute atomic E-state index is 0.0334. The molecule has 0 saturated heterocycles. The minimum Gasteiger partial charge on any atom is -0.369 e. The molecule has 0 radical (unpaired) electrons. The monoisotopic (exact) mass is 404 g/mol. The number of benzene rings is 2. The van der Waals surface area contributed by atoms with Crippen molar-refractivity contribution in [2.45, 2.75) is 45.1 Å². The number of amides is 2. The Bertz CT molecular complexity index is 1170. The number of aryl methyl sites for hydroxylation is 1. The molecule has 7 nitrogen and oxygen atoms in total. The maximum absolute atomic E-state index is 12.9. The first kappa shape index (κ1) is 19.8. The predicted octanol–water partition coefficient (Wildman–Crippen LogP) is 2.79. The molecular weight excluding hydrogens is 380 g/mol. The van der Waals surface area contributed by atoms with Gasteiger partial charge in [-0.05, 0) is 48.7 Å². The molecule has 2 amide bonds. The summed E-state index contributed by atoms with van der Waals surface area (Å²) < 4.78 is 1.79. The van der Waals surface area contributed by atoms with Gasteiger partial charge in [0.05, 0.1) is 17.3 Å². The summed E-state index contributed by atoms with van der Waals surface area (Å²) in [4.78, 5) is 41.3. The van der Waals surface area contributed by atoms with E-state index in [1.807, 2.05) is 0 Å². The maximum atomic E-state index is 12.9. The van der Waals surface area contributed by atoms with Crippen molar-refractivity contribution in [3.63, 3.8) is 0 Å². The number of anilines is 1. The fourth-order valence-electron chi connectivity index (χ4n) is 3.85. The Hall–Kier alpha value is -3.48. The SMILES string of the molecule is NC(=O)Cc1ccc(NC(=O)c2ccc3c(=O)n4c(nc3c2)CCCCCC4)cc1. The molecule has 4 rings (SSSR count). The largest absolute Gasteiger partial charge is 0.369 e. The summed E-state index contributed by atoms with van der Waals surface area (Å²) >= 11 is 0. The van der Waals surface area contributed by atoms with Crippen LogP contribution in [0.15, 0.2) is 47.3 Å². The number of rotatable bonds is 4. The van der Waals surface area contributed by atoms with Crippen LogP contribution in [0.3, 0.4) is 0 Å². The van der Waals surface area contributed by atoms with Crippen molar-refractivity contribution < 1.29 is 9.59 Å². The third-order valence-corrected chi connectivity index (χ3v) is 5.42. The zero-order chi connectivity index (χ0) is 21.1. The van der Waals surface area contributed by atoms with Crippen LogP contribution in [-0.2, 0) is 24.2 Å². The maximum Gasteiger partial charge on any atom is 0.261 e. The molecule has 154 valence electrons. The van der Waals surface area contributed by atoms with Crippen LogP contribution in [0.4, 0.5) is 5.69 Å². The van der Waals surface area contributed by atoms with Crippen LogP contribution in [0.25, 0.3) is 10.9 Å². The van der Waals surface area contributed by atoms with Crippen LogP contribution in [-0.4, -0.2) is 21.4 Å². The van der Waals surface area contributed by atoms with E-state index in [1.54, 1.807) is 47.0 Å². The van der Waals surface area contributed by atoms with E-state index in [0.29, 0.717) is 28.7 Å². The van der Waals surface area contributed by atoms with E-state index in [9.17, 15) is 14.4 Å². The number of hydrogen-bond donors (Lipinski definition) is 2. The Labute approximate surface area is 173 Å². The molecule has 0 atom stereocenters. The van der Waals surface area contributed by atoms with Crippen molar-refractivity contribution >= 4 is 28.4 Å². The fourth-order valence-corrected chi connectivity index (χ4v) is 3.85. The lowest BCUT2D eigenvalue weighted by atomic mass is 10.1. The average Bonchev–Trinajstić information content (AvgIpc) is 2.70. The van der Waals surface area contributed by atoms with Crippen molar-refractivity contribution in [3.8, 4) is 0 Å². The van der Waals surface area contributed by atoms with Crippen molar-refractivity contribution in [2.24, 2.45) is 5.73 Å². The third-order valence-electron chi connectivity index (χ3n) is 5.42. The van der Waals surface area contributed by atoms with E-state index >= 15 is 0 Å². The molecule has 1 aliphatic rings. The van der Waals surface area contributed by atoms with Gasteiger partial charge in [0.1, 0.15) is 5.82 Å². The van der Waals surface area contributed by atoms with Gasteiger partial charge in [0.25, 0.3) is 11.5 Å². The number of aromatic nitrogens is 2. The lowest BCUT2D eigenvalue weighted by molar-refractivity contribution is -0.117. The zero-order valence-electron chi connectivity index (χ0n) is 16.7. The van der Waals surface area contributed by atoms with Crippen LogP contribution in [0.2, 0.25) is 0 Å². The molecular formula is C23H24N4O3. The summed E-state index contributed by atoms with van der Waals surface area (Å²) in [6.07, 6.45) is 5.22. The lowest BCUT2D eigenvalue weighted by Gasteiger charge is -2.16. The molecule has 1 aliphatic heterocycles. The molecule has 0 saturated carbocycles. The van der Waals surface area contributed by atoms with Gasteiger partial charge in [0, 0.05) is 24.2 Å². The Morgan fingerprint density at radius 3 is 2.57 bits per heavy atom. The highest BCUT2D eigenvalue weighted by atomic mass is 16.2. The first-order valence-corrected chi connectivity index (χ1v) is 10.2. The first-order valence-electron chi connectivity index (χ1n) is 10.2. The third kappa shape index (κ3) is 4.25. The smallest absolute Gasteiger partial charge is 0.261 e. The molecule has 0 spiro atoms. The summed E-state index contributed by atoms with van der Waals surface area (Å²) in [5, 5.41) is 3.37. The minimum atomic E-state index is -0.403. The van der Waals surface area contributed by atoms with Gasteiger partial charge < -0.3 is 11.1 Å². The Morgan fingerprint density at radius 1 is 1.03 bits per heavy atom.